The van der Waals surface area contributed by atoms with Crippen LogP contribution in [0.1, 0.15) is 32.6 Å². The third-order valence-electron chi connectivity index (χ3n) is 4.48. The highest BCUT2D eigenvalue weighted by Gasteiger charge is 2.34. The molecule has 0 aromatic carbocycles. The summed E-state index contributed by atoms with van der Waals surface area (Å²) in [5, 5.41) is 21.1. The summed E-state index contributed by atoms with van der Waals surface area (Å²) in [7, 11) is 1.74. The van der Waals surface area contributed by atoms with Gasteiger partial charge >= 0.3 is 5.69 Å². The molecule has 2 N–H and O–H groups in total. The van der Waals surface area contributed by atoms with E-state index in [-0.39, 0.29) is 29.7 Å². The number of guanidine groups is 1. The first-order valence-corrected chi connectivity index (χ1v) is 7.70. The van der Waals surface area contributed by atoms with Gasteiger partial charge in [-0.05, 0) is 24.7 Å². The van der Waals surface area contributed by atoms with Crippen LogP contribution in [0.25, 0.3) is 0 Å². The van der Waals surface area contributed by atoms with E-state index in [4.69, 9.17) is 0 Å². The Morgan fingerprint density at radius 3 is 2.74 bits per heavy atom. The molecular formula is C14H25IN6O2. The summed E-state index contributed by atoms with van der Waals surface area (Å²) < 4.78 is 1.55. The van der Waals surface area contributed by atoms with Crippen LogP contribution in [-0.4, -0.2) is 40.8 Å². The predicted molar refractivity (Wildman–Crippen MR) is 100 cm³/mol. The van der Waals surface area contributed by atoms with Crippen LogP contribution in [0.15, 0.2) is 17.4 Å². The van der Waals surface area contributed by atoms with Gasteiger partial charge in [0.1, 0.15) is 12.4 Å². The Morgan fingerprint density at radius 1 is 1.52 bits per heavy atom. The average Bonchev–Trinajstić information content (AvgIpc) is 2.93. The predicted octanol–water partition coefficient (Wildman–Crippen LogP) is 2.15. The molecule has 0 spiro atoms. The Morgan fingerprint density at radius 2 is 2.26 bits per heavy atom. The van der Waals surface area contributed by atoms with E-state index in [0.717, 1.165) is 12.5 Å². The van der Waals surface area contributed by atoms with Crippen molar-refractivity contribution in [1.29, 1.82) is 0 Å². The molecule has 1 fully saturated rings. The summed E-state index contributed by atoms with van der Waals surface area (Å²) >= 11 is 0. The standard InChI is InChI=1S/C14H24N6O2.HI/c1-3-14(5-4-6-14)11-17-13(15-2)16-7-8-19-10-12(9-18-19)20(21)22;/h9-10H,3-8,11H2,1-2H3,(H2,15,16,17);1H. The Labute approximate surface area is 153 Å². The van der Waals surface area contributed by atoms with Crippen LogP contribution in [0.3, 0.4) is 0 Å². The van der Waals surface area contributed by atoms with E-state index in [1.807, 2.05) is 0 Å². The monoisotopic (exact) mass is 436 g/mol. The van der Waals surface area contributed by atoms with Crippen molar-refractivity contribution in [1.82, 2.24) is 20.4 Å². The molecule has 0 saturated heterocycles. The lowest BCUT2D eigenvalue weighted by molar-refractivity contribution is -0.385. The highest BCUT2D eigenvalue weighted by molar-refractivity contribution is 14.0. The minimum absolute atomic E-state index is 0. The van der Waals surface area contributed by atoms with Crippen molar-refractivity contribution in [3.05, 3.63) is 22.5 Å². The van der Waals surface area contributed by atoms with Crippen LogP contribution in [0.2, 0.25) is 0 Å². The highest BCUT2D eigenvalue weighted by Crippen LogP contribution is 2.42. The fourth-order valence-corrected chi connectivity index (χ4v) is 2.68. The van der Waals surface area contributed by atoms with Crippen LogP contribution in [-0.2, 0) is 6.54 Å². The Hall–Kier alpha value is -1.39. The first-order valence-electron chi connectivity index (χ1n) is 7.70. The third-order valence-corrected chi connectivity index (χ3v) is 4.48. The molecule has 0 bridgehead atoms. The molecule has 130 valence electrons. The van der Waals surface area contributed by atoms with Crippen LogP contribution < -0.4 is 10.6 Å². The van der Waals surface area contributed by atoms with Crippen molar-refractivity contribution in [3.63, 3.8) is 0 Å². The van der Waals surface area contributed by atoms with E-state index in [9.17, 15) is 10.1 Å². The molecule has 0 amide bonds. The summed E-state index contributed by atoms with van der Waals surface area (Å²) in [6.07, 6.45) is 7.76. The molecule has 0 atom stereocenters. The summed E-state index contributed by atoms with van der Waals surface area (Å²) in [6.45, 7) is 4.34. The van der Waals surface area contributed by atoms with Crippen LogP contribution in [0.5, 0.6) is 0 Å². The maximum Gasteiger partial charge on any atom is 0.306 e. The second kappa shape index (κ2) is 9.04. The zero-order valence-electron chi connectivity index (χ0n) is 13.6. The number of hydrogen-bond donors (Lipinski definition) is 2. The number of aromatic nitrogens is 2. The number of aliphatic imine (C=N–C) groups is 1. The zero-order valence-corrected chi connectivity index (χ0v) is 15.9. The lowest BCUT2D eigenvalue weighted by Gasteiger charge is -2.41. The fourth-order valence-electron chi connectivity index (χ4n) is 2.68. The van der Waals surface area contributed by atoms with Gasteiger partial charge in [-0.15, -0.1) is 24.0 Å². The van der Waals surface area contributed by atoms with Gasteiger partial charge in [-0.3, -0.25) is 19.8 Å². The number of halogens is 1. The second-order valence-corrected chi connectivity index (χ2v) is 5.78. The third kappa shape index (κ3) is 5.33. The molecule has 0 radical (unpaired) electrons. The Kier molecular flexibility index (Phi) is 7.73. The van der Waals surface area contributed by atoms with Gasteiger partial charge in [-0.1, -0.05) is 13.3 Å². The van der Waals surface area contributed by atoms with Gasteiger partial charge < -0.3 is 10.6 Å². The van der Waals surface area contributed by atoms with E-state index in [1.165, 1.54) is 38.1 Å². The molecule has 8 nitrogen and oxygen atoms in total. The molecule has 1 aliphatic rings. The van der Waals surface area contributed by atoms with Crippen molar-refractivity contribution in [3.8, 4) is 0 Å². The van der Waals surface area contributed by atoms with Crippen LogP contribution >= 0.6 is 24.0 Å². The zero-order chi connectivity index (χ0) is 16.0. The molecule has 23 heavy (non-hydrogen) atoms. The molecule has 1 aliphatic carbocycles. The molecule has 0 aliphatic heterocycles. The molecular weight excluding hydrogens is 411 g/mol. The van der Waals surface area contributed by atoms with Crippen LogP contribution in [0.4, 0.5) is 5.69 Å². The topological polar surface area (TPSA) is 97.4 Å². The number of nitrogens with one attached hydrogen (secondary N) is 2. The maximum atomic E-state index is 10.6. The number of nitrogens with zero attached hydrogens (tertiary/aromatic N) is 4. The quantitative estimate of drug-likeness (QED) is 0.225. The van der Waals surface area contributed by atoms with E-state index >= 15 is 0 Å². The van der Waals surface area contributed by atoms with E-state index in [0.29, 0.717) is 18.5 Å². The summed E-state index contributed by atoms with van der Waals surface area (Å²) in [4.78, 5) is 14.4. The molecule has 1 heterocycles. The van der Waals surface area contributed by atoms with Gasteiger partial charge in [0.2, 0.25) is 0 Å². The lowest BCUT2D eigenvalue weighted by atomic mass is 9.67. The van der Waals surface area contributed by atoms with E-state index in [1.54, 1.807) is 11.7 Å². The first kappa shape index (κ1) is 19.7. The summed E-state index contributed by atoms with van der Waals surface area (Å²) in [6, 6.07) is 0. The summed E-state index contributed by atoms with van der Waals surface area (Å²) in [5.41, 5.74) is 0.442. The molecule has 0 unspecified atom stereocenters. The smallest absolute Gasteiger partial charge is 0.306 e. The SMILES string of the molecule is CCC1(CNC(=NC)NCCn2cc([N+](=O)[O-])cn2)CCC1.I. The van der Waals surface area contributed by atoms with Gasteiger partial charge in [0.15, 0.2) is 5.96 Å². The van der Waals surface area contributed by atoms with Gasteiger partial charge in [-0.2, -0.15) is 5.10 Å². The molecule has 9 heteroatoms. The van der Waals surface area contributed by atoms with Gasteiger partial charge in [0.05, 0.1) is 11.5 Å². The fraction of sp³-hybridized carbons (Fsp3) is 0.714. The minimum Gasteiger partial charge on any atom is -0.356 e. The molecule has 1 saturated carbocycles. The Bertz CT molecular complexity index is 536. The maximum absolute atomic E-state index is 10.6. The normalized spacial score (nSPS) is 16.2. The Balaban J connectivity index is 0.00000264. The number of nitro groups is 1. The minimum atomic E-state index is -0.444. The largest absolute Gasteiger partial charge is 0.356 e. The lowest BCUT2D eigenvalue weighted by Crippen LogP contribution is -2.46. The van der Waals surface area contributed by atoms with Crippen molar-refractivity contribution in [2.45, 2.75) is 39.2 Å². The molecule has 1 aromatic heterocycles. The molecule has 2 rings (SSSR count). The van der Waals surface area contributed by atoms with Crippen LogP contribution in [0, 0.1) is 15.5 Å². The van der Waals surface area contributed by atoms with Gasteiger partial charge in [0, 0.05) is 20.1 Å². The van der Waals surface area contributed by atoms with Crippen molar-refractivity contribution >= 4 is 35.6 Å². The van der Waals surface area contributed by atoms with Crippen molar-refractivity contribution < 1.29 is 4.92 Å². The van der Waals surface area contributed by atoms with E-state index in [2.05, 4.69) is 27.6 Å². The van der Waals surface area contributed by atoms with Crippen molar-refractivity contribution in [2.75, 3.05) is 20.1 Å². The van der Waals surface area contributed by atoms with Gasteiger partial charge in [0.25, 0.3) is 0 Å². The summed E-state index contributed by atoms with van der Waals surface area (Å²) in [5.74, 6) is 0.765. The molecule has 1 aromatic rings. The number of hydrogen-bond acceptors (Lipinski definition) is 4. The first-order chi connectivity index (χ1) is 10.6. The van der Waals surface area contributed by atoms with Gasteiger partial charge in [-0.25, -0.2) is 0 Å². The van der Waals surface area contributed by atoms with Crippen molar-refractivity contribution in [2.24, 2.45) is 10.4 Å². The number of rotatable bonds is 7. The second-order valence-electron chi connectivity index (χ2n) is 5.78. The average molecular weight is 436 g/mol. The highest BCUT2D eigenvalue weighted by atomic mass is 127. The van der Waals surface area contributed by atoms with E-state index < -0.39 is 4.92 Å².